The first-order chi connectivity index (χ1) is 11.0. The molecule has 0 aliphatic carbocycles. The monoisotopic (exact) mass is 381 g/mol. The van der Waals surface area contributed by atoms with Crippen LogP contribution in [0.25, 0.3) is 0 Å². The van der Waals surface area contributed by atoms with Gasteiger partial charge < -0.3 is 0 Å². The van der Waals surface area contributed by atoms with E-state index in [0.29, 0.717) is 0 Å². The van der Waals surface area contributed by atoms with Crippen LogP contribution in [0, 0.1) is 5.82 Å². The highest BCUT2D eigenvalue weighted by Gasteiger charge is 2.31. The van der Waals surface area contributed by atoms with E-state index < -0.39 is 33.6 Å². The fourth-order valence-corrected chi connectivity index (χ4v) is 3.81. The van der Waals surface area contributed by atoms with Crippen LogP contribution in [-0.4, -0.2) is 8.42 Å². The summed E-state index contributed by atoms with van der Waals surface area (Å²) in [5.41, 5.74) is -0.752. The predicted molar refractivity (Wildman–Crippen MR) is 81.6 cm³/mol. The lowest BCUT2D eigenvalue weighted by atomic mass is 10.1. The Kier molecular flexibility index (Phi) is 5.22. The van der Waals surface area contributed by atoms with Gasteiger partial charge in [0, 0.05) is 6.04 Å². The molecule has 9 heteroatoms. The van der Waals surface area contributed by atoms with Gasteiger partial charge in [-0.25, -0.2) is 17.5 Å². The van der Waals surface area contributed by atoms with Crippen LogP contribution in [0.4, 0.5) is 17.6 Å². The maximum Gasteiger partial charge on any atom is 0.416 e. The number of sulfonamides is 1. The normalized spacial score (nSPS) is 13.8. The first kappa shape index (κ1) is 18.7. The zero-order chi connectivity index (χ0) is 18.1. The molecule has 2 aromatic carbocycles. The van der Waals surface area contributed by atoms with Crippen molar-refractivity contribution in [1.29, 1.82) is 0 Å². The van der Waals surface area contributed by atoms with Gasteiger partial charge in [-0.2, -0.15) is 13.2 Å². The second-order valence-electron chi connectivity index (χ2n) is 5.04. The average molecular weight is 382 g/mol. The summed E-state index contributed by atoms with van der Waals surface area (Å²) < 4.78 is 78.0. The third kappa shape index (κ3) is 4.25. The molecule has 0 spiro atoms. The Hall–Kier alpha value is -1.64. The van der Waals surface area contributed by atoms with Crippen molar-refractivity contribution in [2.75, 3.05) is 0 Å². The fourth-order valence-electron chi connectivity index (χ4n) is 2.04. The number of nitrogens with one attached hydrogen (secondary N) is 1. The van der Waals surface area contributed by atoms with Gasteiger partial charge in [0.2, 0.25) is 10.0 Å². The summed E-state index contributed by atoms with van der Waals surface area (Å²) in [6, 6.07) is 6.11. The zero-order valence-electron chi connectivity index (χ0n) is 12.2. The van der Waals surface area contributed by atoms with Crippen LogP contribution in [0.15, 0.2) is 47.4 Å². The number of halogens is 5. The van der Waals surface area contributed by atoms with Crippen molar-refractivity contribution >= 4 is 21.6 Å². The third-order valence-corrected chi connectivity index (χ3v) is 5.25. The standard InChI is InChI=1S/C15H12ClF4NO2S/c1-9(10-3-2-4-11(7-10)15(18,19)20)21-24(22,23)14-6-5-12(17)8-13(14)16/h2-9,21H,1H3. The smallest absolute Gasteiger partial charge is 0.207 e. The van der Waals surface area contributed by atoms with Gasteiger partial charge >= 0.3 is 6.18 Å². The molecule has 0 fully saturated rings. The maximum absolute atomic E-state index is 13.0. The summed E-state index contributed by atoms with van der Waals surface area (Å²) in [5, 5.41) is -0.321. The Morgan fingerprint density at radius 1 is 1.12 bits per heavy atom. The topological polar surface area (TPSA) is 46.2 Å². The van der Waals surface area contributed by atoms with E-state index in [0.717, 1.165) is 30.3 Å². The average Bonchev–Trinajstić information content (AvgIpc) is 2.45. The summed E-state index contributed by atoms with van der Waals surface area (Å²) in [7, 11) is -4.13. The van der Waals surface area contributed by atoms with Crippen molar-refractivity contribution in [3.8, 4) is 0 Å². The molecule has 1 unspecified atom stereocenters. The molecular weight excluding hydrogens is 370 g/mol. The van der Waals surface area contributed by atoms with E-state index in [2.05, 4.69) is 4.72 Å². The van der Waals surface area contributed by atoms with Gasteiger partial charge in [-0.05, 0) is 42.8 Å². The summed E-state index contributed by atoms with van der Waals surface area (Å²) >= 11 is 5.72. The predicted octanol–water partition coefficient (Wildman–Crippen LogP) is 4.54. The Balaban J connectivity index is 2.30. The van der Waals surface area contributed by atoms with Crippen molar-refractivity contribution in [1.82, 2.24) is 4.72 Å². The molecule has 0 heterocycles. The van der Waals surface area contributed by atoms with Crippen molar-refractivity contribution in [2.45, 2.75) is 24.0 Å². The molecule has 0 aliphatic heterocycles. The summed E-state index contributed by atoms with van der Waals surface area (Å²) in [6.07, 6.45) is -4.53. The molecule has 0 aliphatic rings. The number of benzene rings is 2. The summed E-state index contributed by atoms with van der Waals surface area (Å²) in [5.74, 6) is -0.704. The second kappa shape index (κ2) is 6.70. The van der Waals surface area contributed by atoms with Crippen LogP contribution in [0.2, 0.25) is 5.02 Å². The molecule has 2 rings (SSSR count). The molecule has 3 nitrogen and oxygen atoms in total. The highest BCUT2D eigenvalue weighted by atomic mass is 35.5. The minimum Gasteiger partial charge on any atom is -0.207 e. The Morgan fingerprint density at radius 3 is 2.38 bits per heavy atom. The van der Waals surface area contributed by atoms with Crippen LogP contribution < -0.4 is 4.72 Å². The van der Waals surface area contributed by atoms with Gasteiger partial charge in [0.25, 0.3) is 0 Å². The lowest BCUT2D eigenvalue weighted by Crippen LogP contribution is -2.27. The van der Waals surface area contributed by atoms with E-state index in [9.17, 15) is 26.0 Å². The number of alkyl halides is 3. The van der Waals surface area contributed by atoms with Crippen LogP contribution in [-0.2, 0) is 16.2 Å². The van der Waals surface area contributed by atoms with E-state index in [1.54, 1.807) is 0 Å². The van der Waals surface area contributed by atoms with Crippen LogP contribution in [0.5, 0.6) is 0 Å². The molecule has 1 atom stereocenters. The first-order valence-electron chi connectivity index (χ1n) is 6.65. The Bertz CT molecular complexity index is 853. The van der Waals surface area contributed by atoms with Crippen LogP contribution in [0.3, 0.4) is 0 Å². The van der Waals surface area contributed by atoms with Crippen LogP contribution in [0.1, 0.15) is 24.1 Å². The first-order valence-corrected chi connectivity index (χ1v) is 8.51. The molecule has 2 aromatic rings. The third-order valence-electron chi connectivity index (χ3n) is 3.23. The Labute approximate surface area is 141 Å². The molecule has 130 valence electrons. The van der Waals surface area contributed by atoms with Gasteiger partial charge in [0.05, 0.1) is 10.6 Å². The minimum atomic E-state index is -4.53. The van der Waals surface area contributed by atoms with E-state index in [1.165, 1.54) is 19.1 Å². The molecule has 24 heavy (non-hydrogen) atoms. The van der Waals surface area contributed by atoms with Gasteiger partial charge in [-0.3, -0.25) is 0 Å². The van der Waals surface area contributed by atoms with Crippen LogP contribution >= 0.6 is 11.6 Å². The highest BCUT2D eigenvalue weighted by molar-refractivity contribution is 7.89. The van der Waals surface area contributed by atoms with Gasteiger partial charge in [-0.15, -0.1) is 0 Å². The molecule has 0 saturated carbocycles. The summed E-state index contributed by atoms with van der Waals surface area (Å²) in [4.78, 5) is -0.357. The molecule has 0 aromatic heterocycles. The van der Waals surface area contributed by atoms with E-state index in [1.807, 2.05) is 0 Å². The molecule has 0 amide bonds. The van der Waals surface area contributed by atoms with Crippen molar-refractivity contribution < 1.29 is 26.0 Å². The van der Waals surface area contributed by atoms with E-state index >= 15 is 0 Å². The van der Waals surface area contributed by atoms with Gasteiger partial charge in [0.1, 0.15) is 10.7 Å². The van der Waals surface area contributed by atoms with Crippen molar-refractivity contribution in [3.63, 3.8) is 0 Å². The van der Waals surface area contributed by atoms with Gasteiger partial charge in [-0.1, -0.05) is 23.7 Å². The van der Waals surface area contributed by atoms with Crippen molar-refractivity contribution in [3.05, 3.63) is 64.4 Å². The molecular formula is C15H12ClF4NO2S. The van der Waals surface area contributed by atoms with E-state index in [-0.39, 0.29) is 15.5 Å². The van der Waals surface area contributed by atoms with Gasteiger partial charge in [0.15, 0.2) is 0 Å². The van der Waals surface area contributed by atoms with Crippen molar-refractivity contribution in [2.24, 2.45) is 0 Å². The maximum atomic E-state index is 13.0. The zero-order valence-corrected chi connectivity index (χ0v) is 13.8. The number of hydrogen-bond acceptors (Lipinski definition) is 2. The molecule has 1 N–H and O–H groups in total. The largest absolute Gasteiger partial charge is 0.416 e. The lowest BCUT2D eigenvalue weighted by molar-refractivity contribution is -0.137. The number of rotatable bonds is 4. The highest BCUT2D eigenvalue weighted by Crippen LogP contribution is 2.31. The molecule has 0 bridgehead atoms. The summed E-state index contributed by atoms with van der Waals surface area (Å²) in [6.45, 7) is 1.39. The lowest BCUT2D eigenvalue weighted by Gasteiger charge is -2.17. The minimum absolute atomic E-state index is 0.131. The Morgan fingerprint density at radius 2 is 1.79 bits per heavy atom. The quantitative estimate of drug-likeness (QED) is 0.790. The second-order valence-corrected chi connectivity index (χ2v) is 7.13. The molecule has 0 radical (unpaired) electrons. The fraction of sp³-hybridized carbons (Fsp3) is 0.200. The molecule has 0 saturated heterocycles. The van der Waals surface area contributed by atoms with E-state index in [4.69, 9.17) is 11.6 Å². The number of hydrogen-bond donors (Lipinski definition) is 1. The SMILES string of the molecule is CC(NS(=O)(=O)c1ccc(F)cc1Cl)c1cccc(C(F)(F)F)c1.